The Morgan fingerprint density at radius 1 is 1.25 bits per heavy atom. The summed E-state index contributed by atoms with van der Waals surface area (Å²) in [5.74, 6) is 1.44. The average molecular weight is 456 g/mol. The van der Waals surface area contributed by atoms with Crippen molar-refractivity contribution in [2.24, 2.45) is 0 Å². The standard InChI is InChI=1S/C22H21FN4O4S/c1-14(28)24-9-18-10-27(22(29)31-18)17-6-7-19(20(23)8-17)16-4-2-15(3-5-16)11-32-12-21-25-13-30-26-21/h2-8,13,18H,9-12H2,1H3,(H,24,28). The molecular formula is C22H21FN4O4S. The summed E-state index contributed by atoms with van der Waals surface area (Å²) in [6, 6.07) is 12.3. The first kappa shape index (κ1) is 21.8. The summed E-state index contributed by atoms with van der Waals surface area (Å²) in [5.41, 5.74) is 2.70. The molecule has 0 spiro atoms. The molecule has 8 nitrogen and oxygen atoms in total. The Hall–Kier alpha value is -3.40. The maximum Gasteiger partial charge on any atom is 0.414 e. The van der Waals surface area contributed by atoms with Crippen LogP contribution in [0.15, 0.2) is 53.4 Å². The number of anilines is 1. The summed E-state index contributed by atoms with van der Waals surface area (Å²) in [7, 11) is 0. The lowest BCUT2D eigenvalue weighted by Crippen LogP contribution is -2.33. The smallest absolute Gasteiger partial charge is 0.414 e. The summed E-state index contributed by atoms with van der Waals surface area (Å²) in [5, 5.41) is 6.39. The van der Waals surface area contributed by atoms with Gasteiger partial charge in [0.25, 0.3) is 0 Å². The summed E-state index contributed by atoms with van der Waals surface area (Å²) < 4.78 is 24.8. The predicted octanol–water partition coefficient (Wildman–Crippen LogP) is 3.77. The van der Waals surface area contributed by atoms with E-state index in [1.54, 1.807) is 23.9 Å². The van der Waals surface area contributed by atoms with E-state index in [-0.39, 0.29) is 19.0 Å². The van der Waals surface area contributed by atoms with Crippen molar-refractivity contribution in [3.05, 3.63) is 66.1 Å². The van der Waals surface area contributed by atoms with Gasteiger partial charge in [-0.2, -0.15) is 4.98 Å². The van der Waals surface area contributed by atoms with Gasteiger partial charge < -0.3 is 14.6 Å². The molecule has 0 aliphatic carbocycles. The van der Waals surface area contributed by atoms with Gasteiger partial charge in [-0.3, -0.25) is 9.69 Å². The summed E-state index contributed by atoms with van der Waals surface area (Å²) in [4.78, 5) is 28.5. The third kappa shape index (κ3) is 5.25. The van der Waals surface area contributed by atoms with Gasteiger partial charge in [0.1, 0.15) is 11.9 Å². The molecule has 2 heterocycles. The van der Waals surface area contributed by atoms with Crippen LogP contribution in [0, 0.1) is 5.82 Å². The van der Waals surface area contributed by atoms with Crippen LogP contribution in [-0.4, -0.2) is 41.3 Å². The van der Waals surface area contributed by atoms with E-state index < -0.39 is 18.0 Å². The van der Waals surface area contributed by atoms with Crippen molar-refractivity contribution in [3.8, 4) is 11.1 Å². The number of amides is 2. The largest absolute Gasteiger partial charge is 0.442 e. The predicted molar refractivity (Wildman–Crippen MR) is 117 cm³/mol. The third-order valence-electron chi connectivity index (χ3n) is 4.89. The molecule has 0 radical (unpaired) electrons. The molecule has 2 aromatic carbocycles. The van der Waals surface area contributed by atoms with E-state index in [0.717, 1.165) is 16.9 Å². The number of ether oxygens (including phenoxy) is 1. The number of nitrogens with zero attached hydrogens (tertiary/aromatic N) is 3. The summed E-state index contributed by atoms with van der Waals surface area (Å²) in [6.45, 7) is 1.86. The van der Waals surface area contributed by atoms with Crippen molar-refractivity contribution >= 4 is 29.4 Å². The molecule has 166 valence electrons. The quantitative estimate of drug-likeness (QED) is 0.551. The van der Waals surface area contributed by atoms with Crippen LogP contribution in [-0.2, 0) is 21.0 Å². The fraction of sp³-hybridized carbons (Fsp3) is 0.273. The van der Waals surface area contributed by atoms with E-state index in [0.29, 0.717) is 22.8 Å². The van der Waals surface area contributed by atoms with Gasteiger partial charge in [0.15, 0.2) is 5.82 Å². The van der Waals surface area contributed by atoms with Crippen molar-refractivity contribution in [3.63, 3.8) is 0 Å². The van der Waals surface area contributed by atoms with Crippen LogP contribution >= 0.6 is 11.8 Å². The van der Waals surface area contributed by atoms with Crippen LogP contribution in [0.2, 0.25) is 0 Å². The number of hydrogen-bond acceptors (Lipinski definition) is 7. The first-order chi connectivity index (χ1) is 15.5. The molecule has 4 rings (SSSR count). The number of thioether (sulfide) groups is 1. The van der Waals surface area contributed by atoms with E-state index in [4.69, 9.17) is 9.26 Å². The Kier molecular flexibility index (Phi) is 6.69. The molecule has 1 aliphatic heterocycles. The molecule has 1 aliphatic rings. The van der Waals surface area contributed by atoms with Crippen molar-refractivity contribution in [1.82, 2.24) is 15.5 Å². The van der Waals surface area contributed by atoms with Gasteiger partial charge in [-0.1, -0.05) is 29.4 Å². The van der Waals surface area contributed by atoms with E-state index in [1.807, 2.05) is 24.3 Å². The molecule has 10 heteroatoms. The third-order valence-corrected chi connectivity index (χ3v) is 5.89. The number of nitrogens with one attached hydrogen (secondary N) is 1. The van der Waals surface area contributed by atoms with Gasteiger partial charge in [0.2, 0.25) is 12.3 Å². The number of aromatic nitrogens is 2. The fourth-order valence-electron chi connectivity index (χ4n) is 3.30. The molecule has 1 N–H and O–H groups in total. The number of hydrogen-bond donors (Lipinski definition) is 1. The molecule has 3 aromatic rings. The lowest BCUT2D eigenvalue weighted by atomic mass is 10.0. The molecule has 1 saturated heterocycles. The molecule has 32 heavy (non-hydrogen) atoms. The zero-order chi connectivity index (χ0) is 22.5. The van der Waals surface area contributed by atoms with Gasteiger partial charge in [0, 0.05) is 18.2 Å². The number of cyclic esters (lactones) is 1. The Bertz CT molecular complexity index is 1090. The van der Waals surface area contributed by atoms with Gasteiger partial charge in [-0.25, -0.2) is 9.18 Å². The molecule has 1 fully saturated rings. The van der Waals surface area contributed by atoms with Gasteiger partial charge >= 0.3 is 6.09 Å². The zero-order valence-corrected chi connectivity index (χ0v) is 18.1. The Morgan fingerprint density at radius 3 is 2.75 bits per heavy atom. The number of carbonyl (C=O) groups is 2. The Labute approximate surface area is 188 Å². The summed E-state index contributed by atoms with van der Waals surface area (Å²) in [6.07, 6.45) is 0.274. The van der Waals surface area contributed by atoms with Gasteiger partial charge in [0.05, 0.1) is 24.5 Å². The Morgan fingerprint density at radius 2 is 2.06 bits per heavy atom. The van der Waals surface area contributed by atoms with E-state index in [2.05, 4.69) is 15.5 Å². The van der Waals surface area contributed by atoms with E-state index >= 15 is 0 Å². The van der Waals surface area contributed by atoms with Crippen LogP contribution in [0.25, 0.3) is 11.1 Å². The number of benzene rings is 2. The second-order valence-electron chi connectivity index (χ2n) is 7.25. The number of halogens is 1. The average Bonchev–Trinajstić information content (AvgIpc) is 3.42. The molecule has 2 amide bonds. The SMILES string of the molecule is CC(=O)NCC1CN(c2ccc(-c3ccc(CSCc4ncon4)cc3)c(F)c2)C(=O)O1. The fourth-order valence-corrected chi connectivity index (χ4v) is 4.14. The van der Waals surface area contributed by atoms with Gasteiger partial charge in [-0.15, -0.1) is 11.8 Å². The van der Waals surface area contributed by atoms with Crippen molar-refractivity contribution in [2.45, 2.75) is 24.5 Å². The van der Waals surface area contributed by atoms with Crippen LogP contribution in [0.4, 0.5) is 14.9 Å². The molecule has 1 unspecified atom stereocenters. The van der Waals surface area contributed by atoms with Crippen LogP contribution < -0.4 is 10.2 Å². The highest BCUT2D eigenvalue weighted by Gasteiger charge is 2.32. The normalized spacial score (nSPS) is 15.6. The molecule has 0 saturated carbocycles. The van der Waals surface area contributed by atoms with Crippen LogP contribution in [0.3, 0.4) is 0 Å². The summed E-state index contributed by atoms with van der Waals surface area (Å²) >= 11 is 1.66. The molecule has 1 atom stereocenters. The van der Waals surface area contributed by atoms with Crippen molar-refractivity contribution in [1.29, 1.82) is 0 Å². The molecule has 0 bridgehead atoms. The maximum absolute atomic E-state index is 14.9. The minimum absolute atomic E-state index is 0.202. The lowest BCUT2D eigenvalue weighted by Gasteiger charge is -2.14. The Balaban J connectivity index is 1.38. The maximum atomic E-state index is 14.9. The number of rotatable bonds is 8. The molecule has 1 aromatic heterocycles. The first-order valence-electron chi connectivity index (χ1n) is 9.94. The van der Waals surface area contributed by atoms with E-state index in [9.17, 15) is 14.0 Å². The minimum Gasteiger partial charge on any atom is -0.442 e. The zero-order valence-electron chi connectivity index (χ0n) is 17.3. The highest BCUT2D eigenvalue weighted by atomic mass is 32.2. The van der Waals surface area contributed by atoms with Crippen LogP contribution in [0.5, 0.6) is 0 Å². The second-order valence-corrected chi connectivity index (χ2v) is 8.24. The second kappa shape index (κ2) is 9.82. The highest BCUT2D eigenvalue weighted by Crippen LogP contribution is 2.29. The first-order valence-corrected chi connectivity index (χ1v) is 11.1. The number of carbonyl (C=O) groups excluding carboxylic acids is 2. The van der Waals surface area contributed by atoms with Crippen molar-refractivity contribution < 1.29 is 23.2 Å². The van der Waals surface area contributed by atoms with E-state index in [1.165, 1.54) is 24.3 Å². The minimum atomic E-state index is -0.560. The highest BCUT2D eigenvalue weighted by molar-refractivity contribution is 7.97. The lowest BCUT2D eigenvalue weighted by molar-refractivity contribution is -0.119. The topological polar surface area (TPSA) is 97.6 Å². The monoisotopic (exact) mass is 456 g/mol. The van der Waals surface area contributed by atoms with Crippen LogP contribution in [0.1, 0.15) is 18.3 Å². The molecular weight excluding hydrogens is 435 g/mol. The van der Waals surface area contributed by atoms with Crippen molar-refractivity contribution in [2.75, 3.05) is 18.0 Å². The van der Waals surface area contributed by atoms with Gasteiger partial charge in [-0.05, 0) is 29.3 Å².